The molecule has 0 rings (SSSR count). The van der Waals surface area contributed by atoms with Crippen molar-refractivity contribution in [3.8, 4) is 0 Å². The first-order chi connectivity index (χ1) is 6.72. The van der Waals surface area contributed by atoms with Crippen LogP contribution in [-0.4, -0.2) is 50.6 Å². The third-order valence-corrected chi connectivity index (χ3v) is 1.66. The molecule has 0 saturated carbocycles. The second-order valence-electron chi connectivity index (χ2n) is 2.73. The van der Waals surface area contributed by atoms with Gasteiger partial charge in [0.05, 0.1) is 13.2 Å². The Kier molecular flexibility index (Phi) is 8.51. The minimum atomic E-state index is -0.980. The molecular formula is C9H19NO4. The van der Waals surface area contributed by atoms with Crippen LogP contribution in [0.4, 0.5) is 0 Å². The fourth-order valence-corrected chi connectivity index (χ4v) is 0.857. The molecular weight excluding hydrogens is 186 g/mol. The molecule has 1 amide bonds. The van der Waals surface area contributed by atoms with Gasteiger partial charge < -0.3 is 19.9 Å². The Hall–Kier alpha value is -0.650. The van der Waals surface area contributed by atoms with Crippen LogP contribution in [0, 0.1) is 0 Å². The summed E-state index contributed by atoms with van der Waals surface area (Å²) in [6.07, 6.45) is -0.668. The first kappa shape index (κ1) is 13.4. The Bertz CT molecular complexity index is 152. The average molecular weight is 205 g/mol. The quantitative estimate of drug-likeness (QED) is 0.526. The van der Waals surface area contributed by atoms with Crippen LogP contribution in [0.1, 0.15) is 13.3 Å². The number of amides is 1. The smallest absolute Gasteiger partial charge is 0.248 e. The molecule has 2 N–H and O–H groups in total. The summed E-state index contributed by atoms with van der Waals surface area (Å²) in [6, 6.07) is 0. The van der Waals surface area contributed by atoms with Crippen molar-refractivity contribution in [3.63, 3.8) is 0 Å². The summed E-state index contributed by atoms with van der Waals surface area (Å²) < 4.78 is 10.2. The summed E-state index contributed by atoms with van der Waals surface area (Å²) in [6.45, 7) is 3.99. The van der Waals surface area contributed by atoms with Crippen molar-refractivity contribution in [3.05, 3.63) is 0 Å². The minimum absolute atomic E-state index is 0.311. The first-order valence-electron chi connectivity index (χ1n) is 4.77. The molecule has 0 aromatic carbocycles. The van der Waals surface area contributed by atoms with E-state index in [0.29, 0.717) is 32.8 Å². The molecule has 0 saturated heterocycles. The normalized spacial score (nSPS) is 12.5. The van der Waals surface area contributed by atoms with Gasteiger partial charge in [0.15, 0.2) is 0 Å². The van der Waals surface area contributed by atoms with Crippen LogP contribution in [0.2, 0.25) is 0 Å². The molecule has 0 radical (unpaired) electrons. The standard InChI is InChI=1S/C9H19NO4/c1-3-13-6-7-14-5-4-8(11)9(12)10-2/h8,11H,3-7H2,1-2H3,(H,10,12)/t8-/m0/s1. The van der Waals surface area contributed by atoms with E-state index in [-0.39, 0.29) is 5.91 Å². The van der Waals surface area contributed by atoms with E-state index in [0.717, 1.165) is 0 Å². The molecule has 1 atom stereocenters. The molecule has 0 bridgehead atoms. The average Bonchev–Trinajstić information content (AvgIpc) is 2.21. The summed E-state index contributed by atoms with van der Waals surface area (Å²) in [4.78, 5) is 10.8. The number of ether oxygens (including phenoxy) is 2. The maximum Gasteiger partial charge on any atom is 0.248 e. The number of nitrogens with one attached hydrogen (secondary N) is 1. The first-order valence-corrected chi connectivity index (χ1v) is 4.77. The highest BCUT2D eigenvalue weighted by Gasteiger charge is 2.11. The van der Waals surface area contributed by atoms with Gasteiger partial charge in [0.25, 0.3) is 0 Å². The third kappa shape index (κ3) is 6.82. The van der Waals surface area contributed by atoms with Crippen molar-refractivity contribution in [2.75, 3.05) is 33.5 Å². The van der Waals surface area contributed by atoms with Gasteiger partial charge in [-0.15, -0.1) is 0 Å². The Morgan fingerprint density at radius 3 is 2.57 bits per heavy atom. The molecule has 0 spiro atoms. The highest BCUT2D eigenvalue weighted by Crippen LogP contribution is 1.92. The van der Waals surface area contributed by atoms with Gasteiger partial charge in [-0.05, 0) is 6.92 Å². The van der Waals surface area contributed by atoms with Crippen LogP contribution in [0.25, 0.3) is 0 Å². The lowest BCUT2D eigenvalue weighted by Crippen LogP contribution is -2.32. The molecule has 5 heteroatoms. The molecule has 0 heterocycles. The van der Waals surface area contributed by atoms with E-state index in [1.165, 1.54) is 7.05 Å². The molecule has 0 unspecified atom stereocenters. The number of aliphatic hydroxyl groups excluding tert-OH is 1. The van der Waals surface area contributed by atoms with E-state index in [4.69, 9.17) is 9.47 Å². The second kappa shape index (κ2) is 8.93. The number of carbonyl (C=O) groups excluding carboxylic acids is 1. The van der Waals surface area contributed by atoms with Crippen molar-refractivity contribution >= 4 is 5.91 Å². The van der Waals surface area contributed by atoms with E-state index >= 15 is 0 Å². The zero-order valence-electron chi connectivity index (χ0n) is 8.78. The summed E-state index contributed by atoms with van der Waals surface area (Å²) in [5.41, 5.74) is 0. The molecule has 14 heavy (non-hydrogen) atoms. The number of hydrogen-bond donors (Lipinski definition) is 2. The topological polar surface area (TPSA) is 67.8 Å². The fourth-order valence-electron chi connectivity index (χ4n) is 0.857. The third-order valence-electron chi connectivity index (χ3n) is 1.66. The fraction of sp³-hybridized carbons (Fsp3) is 0.889. The highest BCUT2D eigenvalue weighted by molar-refractivity contribution is 5.80. The lowest BCUT2D eigenvalue weighted by Gasteiger charge is -2.09. The van der Waals surface area contributed by atoms with Gasteiger partial charge in [0.2, 0.25) is 5.91 Å². The Morgan fingerprint density at radius 2 is 2.00 bits per heavy atom. The molecule has 0 aliphatic heterocycles. The zero-order chi connectivity index (χ0) is 10.8. The van der Waals surface area contributed by atoms with Crippen molar-refractivity contribution < 1.29 is 19.4 Å². The number of hydrogen-bond acceptors (Lipinski definition) is 4. The van der Waals surface area contributed by atoms with Crippen LogP contribution in [0.5, 0.6) is 0 Å². The molecule has 0 aromatic heterocycles. The Morgan fingerprint density at radius 1 is 1.36 bits per heavy atom. The van der Waals surface area contributed by atoms with Gasteiger partial charge in [-0.2, -0.15) is 0 Å². The lowest BCUT2D eigenvalue weighted by atomic mass is 10.2. The van der Waals surface area contributed by atoms with Gasteiger partial charge >= 0.3 is 0 Å². The van der Waals surface area contributed by atoms with Crippen molar-refractivity contribution in [2.45, 2.75) is 19.4 Å². The number of aliphatic hydroxyl groups is 1. The Labute approximate surface area is 84.4 Å². The summed E-state index contributed by atoms with van der Waals surface area (Å²) in [5.74, 6) is -0.376. The van der Waals surface area contributed by atoms with Crippen LogP contribution >= 0.6 is 0 Å². The molecule has 5 nitrogen and oxygen atoms in total. The van der Waals surface area contributed by atoms with Gasteiger partial charge in [-0.25, -0.2) is 0 Å². The summed E-state index contributed by atoms with van der Waals surface area (Å²) in [7, 11) is 1.49. The van der Waals surface area contributed by atoms with E-state index in [2.05, 4.69) is 5.32 Å². The minimum Gasteiger partial charge on any atom is -0.383 e. The number of rotatable bonds is 8. The molecule has 0 aliphatic rings. The van der Waals surface area contributed by atoms with E-state index in [9.17, 15) is 9.90 Å². The summed E-state index contributed by atoms with van der Waals surface area (Å²) in [5, 5.41) is 11.6. The maximum absolute atomic E-state index is 10.8. The van der Waals surface area contributed by atoms with Crippen LogP contribution < -0.4 is 5.32 Å². The summed E-state index contributed by atoms with van der Waals surface area (Å²) >= 11 is 0. The molecule has 84 valence electrons. The highest BCUT2D eigenvalue weighted by atomic mass is 16.5. The SMILES string of the molecule is CCOCCOCC[C@H](O)C(=O)NC. The van der Waals surface area contributed by atoms with Gasteiger partial charge in [-0.1, -0.05) is 0 Å². The van der Waals surface area contributed by atoms with Crippen LogP contribution in [0.3, 0.4) is 0 Å². The second-order valence-corrected chi connectivity index (χ2v) is 2.73. The predicted octanol–water partition coefficient (Wildman–Crippen LogP) is -0.463. The zero-order valence-corrected chi connectivity index (χ0v) is 8.78. The van der Waals surface area contributed by atoms with Crippen LogP contribution in [0.15, 0.2) is 0 Å². The van der Waals surface area contributed by atoms with Crippen molar-refractivity contribution in [1.82, 2.24) is 5.32 Å². The lowest BCUT2D eigenvalue weighted by molar-refractivity contribution is -0.129. The van der Waals surface area contributed by atoms with E-state index in [1.54, 1.807) is 0 Å². The number of likely N-dealkylation sites (N-methyl/N-ethyl adjacent to an activating group) is 1. The van der Waals surface area contributed by atoms with Gasteiger partial charge in [0.1, 0.15) is 6.10 Å². The number of carbonyl (C=O) groups is 1. The van der Waals surface area contributed by atoms with E-state index < -0.39 is 6.10 Å². The van der Waals surface area contributed by atoms with Crippen molar-refractivity contribution in [2.24, 2.45) is 0 Å². The van der Waals surface area contributed by atoms with Crippen LogP contribution in [-0.2, 0) is 14.3 Å². The van der Waals surface area contributed by atoms with Gasteiger partial charge in [0, 0.05) is 26.7 Å². The predicted molar refractivity (Wildman–Crippen MR) is 52.0 cm³/mol. The Balaban J connectivity index is 3.23. The largest absolute Gasteiger partial charge is 0.383 e. The molecule has 0 fully saturated rings. The molecule has 0 aliphatic carbocycles. The maximum atomic E-state index is 10.8. The monoisotopic (exact) mass is 205 g/mol. The van der Waals surface area contributed by atoms with Crippen molar-refractivity contribution in [1.29, 1.82) is 0 Å². The molecule has 0 aromatic rings. The van der Waals surface area contributed by atoms with Gasteiger partial charge in [-0.3, -0.25) is 4.79 Å². The van der Waals surface area contributed by atoms with E-state index in [1.807, 2.05) is 6.92 Å².